The number of ether oxygens (including phenoxy) is 1. The van der Waals surface area contributed by atoms with Crippen molar-refractivity contribution in [1.82, 2.24) is 29.5 Å². The predicted octanol–water partition coefficient (Wildman–Crippen LogP) is 2.48. The summed E-state index contributed by atoms with van der Waals surface area (Å²) in [5.74, 6) is 0.846. The summed E-state index contributed by atoms with van der Waals surface area (Å²) in [5.41, 5.74) is 2.97. The van der Waals surface area contributed by atoms with Gasteiger partial charge in [-0.2, -0.15) is 0 Å². The maximum atomic E-state index is 14.2. The highest BCUT2D eigenvalue weighted by atomic mass is 19.1. The second kappa shape index (κ2) is 8.44. The van der Waals surface area contributed by atoms with Crippen molar-refractivity contribution in [2.45, 2.75) is 39.8 Å². The molecule has 8 nitrogen and oxygen atoms in total. The quantitative estimate of drug-likeness (QED) is 0.463. The van der Waals surface area contributed by atoms with Gasteiger partial charge in [0.05, 0.1) is 5.69 Å². The summed E-state index contributed by atoms with van der Waals surface area (Å²) in [6.07, 6.45) is 8.63. The van der Waals surface area contributed by atoms with Gasteiger partial charge in [-0.3, -0.25) is 0 Å². The van der Waals surface area contributed by atoms with E-state index in [4.69, 9.17) is 4.74 Å². The lowest BCUT2D eigenvalue weighted by Gasteiger charge is -2.08. The number of nitrogens with zero attached hydrogens (tertiary/aromatic N) is 6. The topological polar surface area (TPSA) is 84.9 Å². The smallest absolute Gasteiger partial charge is 0.308 e. The minimum Gasteiger partial charge on any atom is -0.374 e. The first-order valence-electron chi connectivity index (χ1n) is 9.68. The van der Waals surface area contributed by atoms with Crippen molar-refractivity contribution in [3.05, 3.63) is 59.9 Å². The van der Waals surface area contributed by atoms with Gasteiger partial charge in [0.2, 0.25) is 0 Å². The molecule has 9 heteroatoms. The molecule has 0 radical (unpaired) electrons. The summed E-state index contributed by atoms with van der Waals surface area (Å²) in [6.45, 7) is 5.50. The first-order chi connectivity index (χ1) is 14.2. The molecule has 29 heavy (non-hydrogen) atoms. The molecule has 0 spiro atoms. The Kier molecular flexibility index (Phi) is 5.57. The average Bonchev–Trinajstić information content (AvgIpc) is 3.35. The monoisotopic (exact) mass is 396 g/mol. The Balaban J connectivity index is 1.72. The third kappa shape index (κ3) is 3.86. The van der Waals surface area contributed by atoms with Gasteiger partial charge < -0.3 is 4.74 Å². The molecule has 4 aromatic heterocycles. The van der Waals surface area contributed by atoms with Crippen LogP contribution in [0.15, 0.2) is 37.1 Å². The number of H-pyrrole nitrogens is 1. The molecule has 4 heterocycles. The molecule has 0 aromatic carbocycles. The Labute approximate surface area is 167 Å². The number of rotatable bonds is 8. The van der Waals surface area contributed by atoms with Crippen LogP contribution in [0.1, 0.15) is 37.4 Å². The maximum absolute atomic E-state index is 14.2. The van der Waals surface area contributed by atoms with Gasteiger partial charge in [-0.05, 0) is 25.5 Å². The number of fused-ring (bicyclic) bond motifs is 1. The average molecular weight is 396 g/mol. The second-order valence-electron chi connectivity index (χ2n) is 6.62. The number of halogens is 1. The van der Waals surface area contributed by atoms with Crippen LogP contribution in [-0.2, 0) is 24.3 Å². The first-order valence-corrected chi connectivity index (χ1v) is 9.68. The van der Waals surface area contributed by atoms with Gasteiger partial charge in [-0.15, -0.1) is 5.10 Å². The Hall–Kier alpha value is -3.20. The minimum atomic E-state index is -0.376. The van der Waals surface area contributed by atoms with Gasteiger partial charge in [0, 0.05) is 18.4 Å². The number of hydrogen-bond acceptors (Lipinski definition) is 5. The lowest BCUT2D eigenvalue weighted by molar-refractivity contribution is -0.676. The molecular weight excluding hydrogens is 373 g/mol. The predicted molar refractivity (Wildman–Crippen MR) is 103 cm³/mol. The lowest BCUT2D eigenvalue weighted by atomic mass is 10.1. The van der Waals surface area contributed by atoms with Crippen LogP contribution in [-0.4, -0.2) is 36.2 Å². The zero-order chi connectivity index (χ0) is 20.2. The van der Waals surface area contributed by atoms with Crippen molar-refractivity contribution in [1.29, 1.82) is 0 Å². The van der Waals surface area contributed by atoms with E-state index in [0.29, 0.717) is 31.4 Å². The highest BCUT2D eigenvalue weighted by Crippen LogP contribution is 2.18. The summed E-state index contributed by atoms with van der Waals surface area (Å²) in [7, 11) is 0. The highest BCUT2D eigenvalue weighted by molar-refractivity contribution is 5.49. The second-order valence-corrected chi connectivity index (χ2v) is 6.62. The maximum Gasteiger partial charge on any atom is 0.308 e. The van der Waals surface area contributed by atoms with E-state index in [0.717, 1.165) is 29.7 Å². The van der Waals surface area contributed by atoms with Crippen LogP contribution in [0.25, 0.3) is 17.2 Å². The van der Waals surface area contributed by atoms with Gasteiger partial charge in [0.15, 0.2) is 23.0 Å². The fraction of sp³-hybridized carbons (Fsp3) is 0.350. The van der Waals surface area contributed by atoms with Crippen LogP contribution >= 0.6 is 0 Å². The van der Waals surface area contributed by atoms with E-state index in [1.807, 2.05) is 17.7 Å². The van der Waals surface area contributed by atoms with Crippen molar-refractivity contribution in [3.8, 4) is 11.5 Å². The fourth-order valence-corrected chi connectivity index (χ4v) is 3.30. The van der Waals surface area contributed by atoms with E-state index in [1.165, 1.54) is 6.07 Å². The third-order valence-electron chi connectivity index (χ3n) is 4.62. The van der Waals surface area contributed by atoms with Gasteiger partial charge in [0.1, 0.15) is 31.9 Å². The molecular formula is C20H23FN7O+. The minimum absolute atomic E-state index is 0.275. The first kappa shape index (κ1) is 19.1. The van der Waals surface area contributed by atoms with Crippen LogP contribution < -0.4 is 4.57 Å². The molecule has 4 rings (SSSR count). The number of aromatic nitrogens is 7. The van der Waals surface area contributed by atoms with Crippen molar-refractivity contribution in [3.63, 3.8) is 0 Å². The molecule has 0 bridgehead atoms. The number of aromatic amines is 1. The lowest BCUT2D eigenvalue weighted by Crippen LogP contribution is -2.36. The number of nitrogens with one attached hydrogen (secondary N) is 1. The number of hydrogen-bond donors (Lipinski definition) is 1. The van der Waals surface area contributed by atoms with E-state index in [9.17, 15) is 4.39 Å². The van der Waals surface area contributed by atoms with Crippen LogP contribution in [0.4, 0.5) is 4.39 Å². The largest absolute Gasteiger partial charge is 0.374 e. The Morgan fingerprint density at radius 1 is 1.28 bits per heavy atom. The van der Waals surface area contributed by atoms with Gasteiger partial charge in [0.25, 0.3) is 0 Å². The van der Waals surface area contributed by atoms with Gasteiger partial charge in [-0.25, -0.2) is 33.4 Å². The summed E-state index contributed by atoms with van der Waals surface area (Å²) < 4.78 is 23.3. The Morgan fingerprint density at radius 2 is 2.17 bits per heavy atom. The van der Waals surface area contributed by atoms with Crippen LogP contribution in [0.2, 0.25) is 0 Å². The zero-order valence-electron chi connectivity index (χ0n) is 16.5. The van der Waals surface area contributed by atoms with E-state index in [1.54, 1.807) is 29.3 Å². The molecule has 0 unspecified atom stereocenters. The van der Waals surface area contributed by atoms with E-state index >= 15 is 0 Å². The molecule has 0 saturated heterocycles. The molecule has 0 atom stereocenters. The summed E-state index contributed by atoms with van der Waals surface area (Å²) in [5, 5.41) is 4.45. The molecule has 0 aliphatic heterocycles. The fourth-order valence-electron chi connectivity index (χ4n) is 3.30. The molecule has 0 aliphatic rings. The van der Waals surface area contributed by atoms with E-state index < -0.39 is 0 Å². The summed E-state index contributed by atoms with van der Waals surface area (Å²) in [4.78, 5) is 16.5. The van der Waals surface area contributed by atoms with Crippen LogP contribution in [0.5, 0.6) is 0 Å². The number of aryl methyl sites for hydroxylation is 1. The van der Waals surface area contributed by atoms with E-state index in [-0.39, 0.29) is 11.5 Å². The molecule has 150 valence electrons. The van der Waals surface area contributed by atoms with Gasteiger partial charge in [-0.1, -0.05) is 13.3 Å². The van der Waals surface area contributed by atoms with Crippen molar-refractivity contribution in [2.24, 2.45) is 0 Å². The van der Waals surface area contributed by atoms with Crippen molar-refractivity contribution < 1.29 is 13.7 Å². The molecule has 0 amide bonds. The van der Waals surface area contributed by atoms with Crippen molar-refractivity contribution >= 4 is 5.65 Å². The summed E-state index contributed by atoms with van der Waals surface area (Å²) in [6, 6.07) is 2.97. The molecule has 0 aliphatic carbocycles. The molecule has 0 saturated carbocycles. The normalized spacial score (nSPS) is 11.4. The Morgan fingerprint density at radius 3 is 2.97 bits per heavy atom. The summed E-state index contributed by atoms with van der Waals surface area (Å²) >= 11 is 0. The Bertz CT molecular complexity index is 1120. The molecule has 4 aromatic rings. The van der Waals surface area contributed by atoms with Crippen molar-refractivity contribution in [2.75, 3.05) is 6.61 Å². The van der Waals surface area contributed by atoms with Crippen LogP contribution in [0.3, 0.4) is 0 Å². The van der Waals surface area contributed by atoms with Crippen LogP contribution in [0, 0.1) is 5.82 Å². The van der Waals surface area contributed by atoms with E-state index in [2.05, 4.69) is 32.0 Å². The molecule has 1 N–H and O–H groups in total. The molecule has 0 fully saturated rings. The highest BCUT2D eigenvalue weighted by Gasteiger charge is 2.22. The third-order valence-corrected chi connectivity index (χ3v) is 4.62. The number of imidazole rings is 1. The standard InChI is InChI=1S/C20H22FN7O/c1-3-6-14-16(24-13-28-19(14)25-17(26-28)12-29-4-2)11-27-10-9-23-20(27)18-15(21)7-5-8-22-18/h5,7-10,13H,3-4,6,11-12H2,1-2H3/p+1. The zero-order valence-corrected chi connectivity index (χ0v) is 16.5. The number of pyridine rings is 1. The SMILES string of the molecule is CCCc1c(C[n+]2cc[nH]c2-c2ncccc2F)ncn2nc(COCC)nc12. The van der Waals surface area contributed by atoms with Gasteiger partial charge >= 0.3 is 5.82 Å².